The molecule has 2 amide bonds. The summed E-state index contributed by atoms with van der Waals surface area (Å²) in [6, 6.07) is 5.37. The summed E-state index contributed by atoms with van der Waals surface area (Å²) in [7, 11) is -3.76. The van der Waals surface area contributed by atoms with Gasteiger partial charge in [0.25, 0.3) is 0 Å². The molecule has 38 heavy (non-hydrogen) atoms. The number of rotatable bonds is 9. The van der Waals surface area contributed by atoms with Gasteiger partial charge in [-0.2, -0.15) is 0 Å². The zero-order valence-corrected chi connectivity index (χ0v) is 24.0. The van der Waals surface area contributed by atoms with E-state index in [9.17, 15) is 18.0 Å². The highest BCUT2D eigenvalue weighted by atomic mass is 32.2. The Morgan fingerprint density at radius 2 is 1.87 bits per heavy atom. The average Bonchev–Trinajstić information content (AvgIpc) is 3.57. The standard InChI is InChI=1S/C27H38N4O5S2/c1-4-29-38(34,35)24-15-19(16-25(32)31-13-5-6-14-31)7-12-22(24)23-17-28-26(37-23)20-8-10-21(11-9-20)30-27(33)36-18(2)3/h7,12,15,17-18,20-21,29H,4-6,8-11,13-14,16H2,1-3H3,(H,30,33)/t20-,21-. The number of ether oxygens (including phenoxy) is 1. The maximum Gasteiger partial charge on any atom is 0.407 e. The van der Waals surface area contributed by atoms with Crippen molar-refractivity contribution >= 4 is 33.4 Å². The number of benzene rings is 1. The smallest absolute Gasteiger partial charge is 0.407 e. The van der Waals surface area contributed by atoms with Crippen LogP contribution in [0.25, 0.3) is 10.4 Å². The lowest BCUT2D eigenvalue weighted by atomic mass is 9.86. The molecule has 1 saturated carbocycles. The molecule has 9 nitrogen and oxygen atoms in total. The van der Waals surface area contributed by atoms with Gasteiger partial charge >= 0.3 is 6.09 Å². The number of nitrogens with zero attached hydrogens (tertiary/aromatic N) is 2. The lowest BCUT2D eigenvalue weighted by Gasteiger charge is -2.28. The number of hydrogen-bond acceptors (Lipinski definition) is 7. The molecule has 11 heteroatoms. The Bertz CT molecular complexity index is 1230. The Kier molecular flexibility index (Phi) is 9.43. The van der Waals surface area contributed by atoms with Crippen LogP contribution >= 0.6 is 11.3 Å². The number of sulfonamides is 1. The molecule has 2 aliphatic rings. The molecule has 0 radical (unpaired) electrons. The van der Waals surface area contributed by atoms with Gasteiger partial charge in [0.05, 0.1) is 27.3 Å². The summed E-state index contributed by atoms with van der Waals surface area (Å²) >= 11 is 1.51. The Morgan fingerprint density at radius 1 is 1.16 bits per heavy atom. The summed E-state index contributed by atoms with van der Waals surface area (Å²) in [5.41, 5.74) is 1.28. The van der Waals surface area contributed by atoms with Crippen LogP contribution in [0.15, 0.2) is 29.3 Å². The van der Waals surface area contributed by atoms with Crippen LogP contribution in [0.3, 0.4) is 0 Å². The van der Waals surface area contributed by atoms with Gasteiger partial charge < -0.3 is 15.0 Å². The van der Waals surface area contributed by atoms with E-state index in [2.05, 4.69) is 15.0 Å². The number of alkyl carbamates (subject to hydrolysis) is 1. The predicted molar refractivity (Wildman–Crippen MR) is 148 cm³/mol. The monoisotopic (exact) mass is 562 g/mol. The number of aromatic nitrogens is 1. The third-order valence-electron chi connectivity index (χ3n) is 7.01. The third kappa shape index (κ3) is 7.12. The molecule has 1 aromatic carbocycles. The van der Waals surface area contributed by atoms with Crippen molar-refractivity contribution in [2.75, 3.05) is 19.6 Å². The van der Waals surface area contributed by atoms with Crippen LogP contribution in [0.2, 0.25) is 0 Å². The highest BCUT2D eigenvalue weighted by Crippen LogP contribution is 2.39. The fourth-order valence-corrected chi connectivity index (χ4v) is 7.62. The van der Waals surface area contributed by atoms with Crippen LogP contribution in [-0.4, -0.2) is 62.1 Å². The zero-order chi connectivity index (χ0) is 27.3. The van der Waals surface area contributed by atoms with Crippen LogP contribution in [0.5, 0.6) is 0 Å². The molecule has 4 rings (SSSR count). The molecule has 0 spiro atoms. The number of thiazole rings is 1. The normalized spacial score (nSPS) is 20.1. The van der Waals surface area contributed by atoms with Crippen molar-refractivity contribution in [3.05, 3.63) is 35.0 Å². The summed E-state index contributed by atoms with van der Waals surface area (Å²) in [5.74, 6) is 0.295. The number of likely N-dealkylation sites (tertiary alicyclic amines) is 1. The third-order valence-corrected chi connectivity index (χ3v) is 9.79. The first-order valence-corrected chi connectivity index (χ1v) is 15.8. The summed E-state index contributed by atoms with van der Waals surface area (Å²) < 4.78 is 34.1. The quantitative estimate of drug-likeness (QED) is 0.467. The molecule has 1 aliphatic carbocycles. The largest absolute Gasteiger partial charge is 0.447 e. The molecule has 0 atom stereocenters. The van der Waals surface area contributed by atoms with E-state index < -0.39 is 10.0 Å². The van der Waals surface area contributed by atoms with Gasteiger partial charge in [0.15, 0.2) is 0 Å². The van der Waals surface area contributed by atoms with Gasteiger partial charge in [-0.05, 0) is 64.0 Å². The van der Waals surface area contributed by atoms with E-state index in [-0.39, 0.29) is 47.9 Å². The number of hydrogen-bond donors (Lipinski definition) is 2. The van der Waals surface area contributed by atoms with Crippen LogP contribution < -0.4 is 10.0 Å². The summed E-state index contributed by atoms with van der Waals surface area (Å²) in [4.78, 5) is 32.1. The molecule has 1 aromatic heterocycles. The first-order valence-electron chi connectivity index (χ1n) is 13.5. The lowest BCUT2D eigenvalue weighted by molar-refractivity contribution is -0.129. The fourth-order valence-electron chi connectivity index (χ4n) is 5.12. The van der Waals surface area contributed by atoms with Crippen molar-refractivity contribution < 1.29 is 22.7 Å². The predicted octanol–water partition coefficient (Wildman–Crippen LogP) is 4.43. The number of nitrogens with one attached hydrogen (secondary N) is 2. The van der Waals surface area contributed by atoms with Gasteiger partial charge in [0.1, 0.15) is 0 Å². The van der Waals surface area contributed by atoms with Crippen LogP contribution in [0.1, 0.15) is 75.8 Å². The van der Waals surface area contributed by atoms with Crippen LogP contribution in [-0.2, 0) is 26.0 Å². The topological polar surface area (TPSA) is 118 Å². The van der Waals surface area contributed by atoms with E-state index in [1.165, 1.54) is 11.3 Å². The lowest BCUT2D eigenvalue weighted by Crippen LogP contribution is -2.38. The van der Waals surface area contributed by atoms with Gasteiger partial charge in [0, 0.05) is 43.4 Å². The van der Waals surface area contributed by atoms with Crippen molar-refractivity contribution in [2.24, 2.45) is 0 Å². The molecular formula is C27H38N4O5S2. The molecule has 2 N–H and O–H groups in total. The Balaban J connectivity index is 1.49. The Morgan fingerprint density at radius 3 is 2.53 bits per heavy atom. The molecular weight excluding hydrogens is 524 g/mol. The molecule has 0 bridgehead atoms. The van der Waals surface area contributed by atoms with Gasteiger partial charge in [0.2, 0.25) is 15.9 Å². The van der Waals surface area contributed by atoms with E-state index in [1.54, 1.807) is 25.3 Å². The zero-order valence-electron chi connectivity index (χ0n) is 22.4. The van der Waals surface area contributed by atoms with E-state index in [1.807, 2.05) is 24.8 Å². The van der Waals surface area contributed by atoms with Crippen molar-refractivity contribution in [3.63, 3.8) is 0 Å². The minimum absolute atomic E-state index is 0.0321. The van der Waals surface area contributed by atoms with Crippen molar-refractivity contribution in [3.8, 4) is 10.4 Å². The van der Waals surface area contributed by atoms with E-state index in [0.717, 1.165) is 61.5 Å². The van der Waals surface area contributed by atoms with E-state index in [0.29, 0.717) is 11.1 Å². The minimum Gasteiger partial charge on any atom is -0.447 e. The Labute approximate surface area is 229 Å². The summed E-state index contributed by atoms with van der Waals surface area (Å²) in [6.07, 6.45) is 6.90. The number of amides is 2. The molecule has 1 saturated heterocycles. The van der Waals surface area contributed by atoms with Crippen LogP contribution in [0.4, 0.5) is 4.79 Å². The molecule has 0 unspecified atom stereocenters. The van der Waals surface area contributed by atoms with E-state index >= 15 is 0 Å². The maximum atomic E-state index is 13.2. The molecule has 1 aliphatic heterocycles. The highest BCUT2D eigenvalue weighted by Gasteiger charge is 2.28. The summed E-state index contributed by atoms with van der Waals surface area (Å²) in [5, 5.41) is 3.92. The van der Waals surface area contributed by atoms with Crippen molar-refractivity contribution in [2.45, 2.75) is 88.7 Å². The Hall–Kier alpha value is -2.50. The molecule has 2 aromatic rings. The molecule has 208 valence electrons. The average molecular weight is 563 g/mol. The fraction of sp³-hybridized carbons (Fsp3) is 0.593. The highest BCUT2D eigenvalue weighted by molar-refractivity contribution is 7.89. The van der Waals surface area contributed by atoms with Gasteiger partial charge in [-0.1, -0.05) is 19.1 Å². The maximum absolute atomic E-state index is 13.2. The number of carbonyl (C=O) groups excluding carboxylic acids is 2. The molecule has 2 heterocycles. The molecule has 2 fully saturated rings. The first-order chi connectivity index (χ1) is 18.2. The second-order valence-electron chi connectivity index (χ2n) is 10.3. The second-order valence-corrected chi connectivity index (χ2v) is 13.1. The number of carbonyl (C=O) groups is 2. The second kappa shape index (κ2) is 12.6. The van der Waals surface area contributed by atoms with Gasteiger partial charge in [-0.3, -0.25) is 4.79 Å². The van der Waals surface area contributed by atoms with Gasteiger partial charge in [-0.15, -0.1) is 11.3 Å². The SMILES string of the molecule is CCNS(=O)(=O)c1cc(CC(=O)N2CCCC2)ccc1-c1cnc([C@H]2CC[C@H](NC(=O)OC(C)C)CC2)s1. The summed E-state index contributed by atoms with van der Waals surface area (Å²) in [6.45, 7) is 7.21. The van der Waals surface area contributed by atoms with Gasteiger partial charge in [-0.25, -0.2) is 22.9 Å². The minimum atomic E-state index is -3.76. The van der Waals surface area contributed by atoms with Crippen molar-refractivity contribution in [1.82, 2.24) is 19.9 Å². The van der Waals surface area contributed by atoms with Crippen molar-refractivity contribution in [1.29, 1.82) is 0 Å². The van der Waals surface area contributed by atoms with E-state index in [4.69, 9.17) is 4.74 Å². The first kappa shape index (κ1) is 28.5. The van der Waals surface area contributed by atoms with Crippen LogP contribution in [0, 0.1) is 0 Å².